The Hall–Kier alpha value is -1.14. The number of nitrogens with two attached hydrogens (primary N) is 1. The lowest BCUT2D eigenvalue weighted by molar-refractivity contribution is -0.145. The molecule has 0 saturated carbocycles. The van der Waals surface area contributed by atoms with Gasteiger partial charge in [-0.2, -0.15) is 0 Å². The van der Waals surface area contributed by atoms with Crippen molar-refractivity contribution in [2.75, 3.05) is 25.1 Å². The van der Waals surface area contributed by atoms with Gasteiger partial charge in [0.05, 0.1) is 13.0 Å². The Kier molecular flexibility index (Phi) is 4.65. The van der Waals surface area contributed by atoms with Gasteiger partial charge in [-0.15, -0.1) is 0 Å². The van der Waals surface area contributed by atoms with Crippen molar-refractivity contribution in [3.63, 3.8) is 0 Å². The normalized spacial score (nSPS) is 21.9. The highest BCUT2D eigenvalue weighted by Gasteiger charge is 2.36. The maximum Gasteiger partial charge on any atom is 0.310 e. The van der Waals surface area contributed by atoms with E-state index in [0.29, 0.717) is 11.5 Å². The van der Waals surface area contributed by atoms with Crippen molar-refractivity contribution in [2.24, 2.45) is 17.6 Å². The molecule has 1 aliphatic heterocycles. The van der Waals surface area contributed by atoms with Gasteiger partial charge in [0, 0.05) is 28.8 Å². The summed E-state index contributed by atoms with van der Waals surface area (Å²) in [6.07, 6.45) is 0. The van der Waals surface area contributed by atoms with Gasteiger partial charge in [-0.05, 0) is 24.1 Å². The number of benzene rings is 1. The molecule has 0 radical (unpaired) electrons. The molecule has 2 unspecified atom stereocenters. The zero-order valence-electron chi connectivity index (χ0n) is 11.4. The number of carbonyl (C=O) groups excluding carboxylic acids is 1. The summed E-state index contributed by atoms with van der Waals surface area (Å²) in [6, 6.07) is 5.84. The molecule has 0 aromatic heterocycles. The molecule has 1 saturated heterocycles. The van der Waals surface area contributed by atoms with Crippen molar-refractivity contribution in [3.05, 3.63) is 28.2 Å². The van der Waals surface area contributed by atoms with Crippen molar-refractivity contribution in [1.82, 2.24) is 0 Å². The average Bonchev–Trinajstić information content (AvgIpc) is 2.79. The molecule has 20 heavy (non-hydrogen) atoms. The molecule has 6 heteroatoms. The topological polar surface area (TPSA) is 55.6 Å². The smallest absolute Gasteiger partial charge is 0.310 e. The molecule has 0 amide bonds. The van der Waals surface area contributed by atoms with Crippen LogP contribution in [0.1, 0.15) is 12.5 Å². The van der Waals surface area contributed by atoms with Gasteiger partial charge < -0.3 is 15.4 Å². The molecule has 2 atom stereocenters. The Labute approximate surface area is 132 Å². The summed E-state index contributed by atoms with van der Waals surface area (Å²) >= 11 is 8.54. The Morgan fingerprint density at radius 1 is 1.50 bits per heavy atom. The first-order valence-corrected chi connectivity index (χ1v) is 7.56. The molecule has 0 spiro atoms. The Morgan fingerprint density at radius 2 is 2.20 bits per heavy atom. The van der Waals surface area contributed by atoms with Gasteiger partial charge in [-0.25, -0.2) is 0 Å². The summed E-state index contributed by atoms with van der Waals surface area (Å²) in [6.45, 7) is 3.48. The summed E-state index contributed by atoms with van der Waals surface area (Å²) in [5, 5.41) is 0. The molecule has 0 aliphatic carbocycles. The van der Waals surface area contributed by atoms with Crippen LogP contribution in [0.5, 0.6) is 0 Å². The van der Waals surface area contributed by atoms with Gasteiger partial charge in [0.1, 0.15) is 4.99 Å². The molecule has 1 aromatic carbocycles. The first kappa shape index (κ1) is 15.3. The first-order chi connectivity index (χ1) is 9.43. The Bertz CT molecular complexity index is 550. The van der Waals surface area contributed by atoms with E-state index in [4.69, 9.17) is 22.7 Å². The van der Waals surface area contributed by atoms with Crippen LogP contribution in [0.4, 0.5) is 5.69 Å². The van der Waals surface area contributed by atoms with E-state index in [-0.39, 0.29) is 17.8 Å². The molecule has 1 aromatic rings. The van der Waals surface area contributed by atoms with Crippen LogP contribution in [0.2, 0.25) is 0 Å². The number of methoxy groups -OCH3 is 1. The van der Waals surface area contributed by atoms with Gasteiger partial charge in [0.15, 0.2) is 0 Å². The number of halogens is 1. The van der Waals surface area contributed by atoms with Crippen LogP contribution in [0, 0.1) is 11.8 Å². The lowest BCUT2D eigenvalue weighted by Crippen LogP contribution is -2.26. The van der Waals surface area contributed by atoms with E-state index in [1.807, 2.05) is 18.2 Å². The number of hydrogen-bond donors (Lipinski definition) is 1. The standard InChI is InChI=1S/C14H17BrN2O2S/c1-8-6-17(7-11(8)14(18)19-2)12-4-3-9(15)5-10(12)13(16)20/h3-5,8,11H,6-7H2,1-2H3,(H2,16,20). The summed E-state index contributed by atoms with van der Waals surface area (Å²) in [5.74, 6) is -0.0258. The number of rotatable bonds is 3. The fourth-order valence-corrected chi connectivity index (χ4v) is 3.13. The highest BCUT2D eigenvalue weighted by atomic mass is 79.9. The fraction of sp³-hybridized carbons (Fsp3) is 0.429. The predicted octanol–water partition coefficient (Wildman–Crippen LogP) is 2.33. The van der Waals surface area contributed by atoms with Crippen LogP contribution in [-0.4, -0.2) is 31.2 Å². The third-order valence-corrected chi connectivity index (χ3v) is 4.39. The number of nitrogens with zero attached hydrogens (tertiary/aromatic N) is 1. The lowest BCUT2D eigenvalue weighted by atomic mass is 9.99. The molecule has 0 bridgehead atoms. The second-order valence-corrected chi connectivity index (χ2v) is 6.39. The monoisotopic (exact) mass is 356 g/mol. The van der Waals surface area contributed by atoms with Gasteiger partial charge in [0.2, 0.25) is 0 Å². The molecular weight excluding hydrogens is 340 g/mol. The second kappa shape index (κ2) is 6.10. The van der Waals surface area contributed by atoms with Crippen LogP contribution < -0.4 is 10.6 Å². The van der Waals surface area contributed by atoms with E-state index in [1.54, 1.807) is 0 Å². The largest absolute Gasteiger partial charge is 0.469 e. The first-order valence-electron chi connectivity index (χ1n) is 6.36. The number of carbonyl (C=O) groups is 1. The number of esters is 1. The van der Waals surface area contributed by atoms with Crippen LogP contribution in [0.3, 0.4) is 0 Å². The third kappa shape index (κ3) is 2.96. The van der Waals surface area contributed by atoms with E-state index in [9.17, 15) is 4.79 Å². The summed E-state index contributed by atoms with van der Waals surface area (Å²) in [4.78, 5) is 14.3. The van der Waals surface area contributed by atoms with Gasteiger partial charge in [-0.3, -0.25) is 4.79 Å². The maximum atomic E-state index is 11.8. The zero-order chi connectivity index (χ0) is 14.9. The van der Waals surface area contributed by atoms with Crippen molar-refractivity contribution in [3.8, 4) is 0 Å². The van der Waals surface area contributed by atoms with Crippen molar-refractivity contribution in [2.45, 2.75) is 6.92 Å². The number of hydrogen-bond acceptors (Lipinski definition) is 4. The summed E-state index contributed by atoms with van der Waals surface area (Å²) < 4.78 is 5.79. The molecule has 108 valence electrons. The molecule has 1 heterocycles. The van der Waals surface area contributed by atoms with Gasteiger partial charge in [-0.1, -0.05) is 35.1 Å². The molecule has 2 N–H and O–H groups in total. The minimum absolute atomic E-state index is 0.108. The highest BCUT2D eigenvalue weighted by Crippen LogP contribution is 2.32. The molecule has 2 rings (SSSR count). The number of thiocarbonyl (C=S) groups is 1. The SMILES string of the molecule is COC(=O)C1CN(c2ccc(Br)cc2C(N)=S)CC1C. The molecular formula is C14H17BrN2O2S. The van der Waals surface area contributed by atoms with Crippen LogP contribution >= 0.6 is 28.1 Å². The Balaban J connectivity index is 2.30. The predicted molar refractivity (Wildman–Crippen MR) is 86.9 cm³/mol. The van der Waals surface area contributed by atoms with E-state index in [1.165, 1.54) is 7.11 Å². The zero-order valence-corrected chi connectivity index (χ0v) is 13.8. The lowest BCUT2D eigenvalue weighted by Gasteiger charge is -2.21. The van der Waals surface area contributed by atoms with E-state index in [0.717, 1.165) is 22.3 Å². The van der Waals surface area contributed by atoms with Crippen LogP contribution in [0.15, 0.2) is 22.7 Å². The van der Waals surface area contributed by atoms with E-state index >= 15 is 0 Å². The molecule has 4 nitrogen and oxygen atoms in total. The van der Waals surface area contributed by atoms with Gasteiger partial charge in [0.25, 0.3) is 0 Å². The number of ether oxygens (including phenoxy) is 1. The summed E-state index contributed by atoms with van der Waals surface area (Å²) in [5.41, 5.74) is 7.60. The molecule has 1 fully saturated rings. The minimum atomic E-state index is -0.158. The third-order valence-electron chi connectivity index (χ3n) is 3.68. The number of anilines is 1. The Morgan fingerprint density at radius 3 is 2.80 bits per heavy atom. The van der Waals surface area contributed by atoms with Crippen molar-refractivity contribution in [1.29, 1.82) is 0 Å². The molecule has 1 aliphatic rings. The highest BCUT2D eigenvalue weighted by molar-refractivity contribution is 9.10. The van der Waals surface area contributed by atoms with Crippen LogP contribution in [0.25, 0.3) is 0 Å². The minimum Gasteiger partial charge on any atom is -0.469 e. The van der Waals surface area contributed by atoms with Crippen molar-refractivity contribution < 1.29 is 9.53 Å². The van der Waals surface area contributed by atoms with Crippen LogP contribution in [-0.2, 0) is 9.53 Å². The summed E-state index contributed by atoms with van der Waals surface area (Å²) in [7, 11) is 1.43. The fourth-order valence-electron chi connectivity index (χ4n) is 2.60. The van der Waals surface area contributed by atoms with E-state index < -0.39 is 0 Å². The maximum absolute atomic E-state index is 11.8. The van der Waals surface area contributed by atoms with Gasteiger partial charge >= 0.3 is 5.97 Å². The van der Waals surface area contributed by atoms with E-state index in [2.05, 4.69) is 27.8 Å². The van der Waals surface area contributed by atoms with Crippen molar-refractivity contribution >= 4 is 44.8 Å². The second-order valence-electron chi connectivity index (χ2n) is 5.04. The quantitative estimate of drug-likeness (QED) is 0.665. The average molecular weight is 357 g/mol.